The van der Waals surface area contributed by atoms with E-state index < -0.39 is 5.97 Å². The van der Waals surface area contributed by atoms with Crippen LogP contribution in [0.5, 0.6) is 0 Å². The Morgan fingerprint density at radius 2 is 0.980 bits per heavy atom. The molecule has 0 atom stereocenters. The maximum absolute atomic E-state index is 11.6. The quantitative estimate of drug-likeness (QED) is 0.155. The number of hydrogen-bond donors (Lipinski definition) is 0. The molecule has 0 aliphatic heterocycles. The van der Waals surface area contributed by atoms with Gasteiger partial charge in [-0.1, -0.05) is 91.2 Å². The molecular weight excluding hydrogens is 631 g/mol. The Bertz CT molecular complexity index is 2100. The molecule has 0 saturated heterocycles. The van der Waals surface area contributed by atoms with E-state index in [0.29, 0.717) is 17.7 Å². The van der Waals surface area contributed by atoms with Gasteiger partial charge in [-0.25, -0.2) is 24.7 Å². The van der Waals surface area contributed by atoms with E-state index in [9.17, 15) is 4.79 Å². The molecule has 2 aromatic carbocycles. The van der Waals surface area contributed by atoms with E-state index >= 15 is 0 Å². The van der Waals surface area contributed by atoms with Crippen LogP contribution in [-0.4, -0.2) is 32.5 Å². The summed E-state index contributed by atoms with van der Waals surface area (Å²) in [6.45, 7) is 20.6. The number of esters is 1. The number of carbonyl (C=O) groups is 1. The summed E-state index contributed by atoms with van der Waals surface area (Å²) < 4.78 is 4.89. The third-order valence-electron chi connectivity index (χ3n) is 10.3. The van der Waals surface area contributed by atoms with Crippen LogP contribution in [0.25, 0.3) is 0 Å². The molecule has 0 spiro atoms. The number of fused-ring (bicyclic) bond motifs is 2. The fourth-order valence-electron chi connectivity index (χ4n) is 6.77. The summed E-state index contributed by atoms with van der Waals surface area (Å²) in [6, 6.07) is 15.0. The van der Waals surface area contributed by atoms with Crippen molar-refractivity contribution in [2.24, 2.45) is 0 Å². The highest BCUT2D eigenvalue weighted by atomic mass is 16.5. The summed E-state index contributed by atoms with van der Waals surface area (Å²) in [4.78, 5) is 27.6. The number of rotatable bonds is 2. The summed E-state index contributed by atoms with van der Waals surface area (Å²) in [6.07, 6.45) is 11.0. The lowest BCUT2D eigenvalue weighted by Gasteiger charge is -2.41. The van der Waals surface area contributed by atoms with Gasteiger partial charge in [0, 0.05) is 35.9 Å². The molecule has 4 aromatic rings. The molecule has 260 valence electrons. The highest BCUT2D eigenvalue weighted by Crippen LogP contribution is 2.47. The van der Waals surface area contributed by atoms with Crippen LogP contribution in [0.1, 0.15) is 149 Å². The largest absolute Gasteiger partial charge is 0.460 e. The second kappa shape index (κ2) is 14.5. The minimum atomic E-state index is -0.517. The number of ether oxygens (including phenoxy) is 1. The van der Waals surface area contributed by atoms with Gasteiger partial charge in [0.25, 0.3) is 0 Å². The molecule has 2 aromatic heterocycles. The van der Waals surface area contributed by atoms with Crippen LogP contribution in [0.4, 0.5) is 0 Å². The first-order valence-corrected chi connectivity index (χ1v) is 17.6. The standard InChI is InChI=1S/C23H26N2O2.C21H21N3/c1-6-27-21(26)20-24-14-17(15-25-20)8-7-16-9-10-18-19(13-16)23(4,5)12-11-22(18,2)3;1-20(2)9-10-21(3,4)18-11-15(7-8-17(18)20)5-6-16-13-23-19(12-22)24-14-16/h9-10,13-15H,6,11-12H2,1-5H3;7-8,11,13-14H,9-10H2,1-4H3. The third kappa shape index (κ3) is 8.53. The first-order chi connectivity index (χ1) is 24.0. The van der Waals surface area contributed by atoms with Gasteiger partial charge in [-0.3, -0.25) is 0 Å². The van der Waals surface area contributed by atoms with Crippen molar-refractivity contribution in [3.05, 3.63) is 117 Å². The molecule has 0 N–H and O–H groups in total. The van der Waals surface area contributed by atoms with Gasteiger partial charge in [0.05, 0.1) is 17.7 Å². The zero-order chi connectivity index (χ0) is 37.0. The molecule has 0 amide bonds. The number of hydrogen-bond acceptors (Lipinski definition) is 7. The zero-order valence-corrected chi connectivity index (χ0v) is 31.4. The topological polar surface area (TPSA) is 102 Å². The Hall–Kier alpha value is -5.32. The van der Waals surface area contributed by atoms with E-state index in [1.54, 1.807) is 31.7 Å². The lowest BCUT2D eigenvalue weighted by molar-refractivity contribution is 0.0512. The summed E-state index contributed by atoms with van der Waals surface area (Å²) in [5.41, 5.74) is 9.78. The normalized spacial score (nSPS) is 16.9. The minimum Gasteiger partial charge on any atom is -0.460 e. The van der Waals surface area contributed by atoms with E-state index in [1.165, 1.54) is 47.9 Å². The summed E-state index contributed by atoms with van der Waals surface area (Å²) in [5, 5.41) is 8.73. The molecule has 7 nitrogen and oxygen atoms in total. The molecule has 2 aliphatic carbocycles. The van der Waals surface area contributed by atoms with Crippen LogP contribution in [0.2, 0.25) is 0 Å². The summed E-state index contributed by atoms with van der Waals surface area (Å²) in [7, 11) is 0. The highest BCUT2D eigenvalue weighted by molar-refractivity contribution is 5.85. The Balaban J connectivity index is 0.000000199. The predicted octanol–water partition coefficient (Wildman–Crippen LogP) is 8.50. The number of nitriles is 1. The second-order valence-electron chi connectivity index (χ2n) is 16.0. The second-order valence-corrected chi connectivity index (χ2v) is 16.0. The van der Waals surface area contributed by atoms with Crippen molar-refractivity contribution < 1.29 is 9.53 Å². The van der Waals surface area contributed by atoms with Crippen molar-refractivity contribution >= 4 is 5.97 Å². The lowest BCUT2D eigenvalue weighted by atomic mass is 9.63. The molecule has 7 heteroatoms. The Labute approximate surface area is 303 Å². The van der Waals surface area contributed by atoms with Gasteiger partial charge in [0.1, 0.15) is 6.07 Å². The fraction of sp³-hybridized carbons (Fsp3) is 0.409. The van der Waals surface area contributed by atoms with Gasteiger partial charge in [-0.15, -0.1) is 0 Å². The van der Waals surface area contributed by atoms with Crippen LogP contribution in [-0.2, 0) is 26.4 Å². The number of benzene rings is 2. The monoisotopic (exact) mass is 677 g/mol. The molecule has 2 aliphatic rings. The maximum atomic E-state index is 11.6. The molecule has 6 rings (SSSR count). The van der Waals surface area contributed by atoms with Crippen LogP contribution >= 0.6 is 0 Å². The smallest absolute Gasteiger partial charge is 0.376 e. The van der Waals surface area contributed by atoms with Crippen LogP contribution in [0.15, 0.2) is 61.2 Å². The third-order valence-corrected chi connectivity index (χ3v) is 10.3. The van der Waals surface area contributed by atoms with Gasteiger partial charge in [0.15, 0.2) is 0 Å². The molecule has 0 unspecified atom stereocenters. The lowest BCUT2D eigenvalue weighted by Crippen LogP contribution is -2.33. The molecule has 0 radical (unpaired) electrons. The molecular formula is C44H47N5O2. The van der Waals surface area contributed by atoms with E-state index in [-0.39, 0.29) is 33.3 Å². The predicted molar refractivity (Wildman–Crippen MR) is 200 cm³/mol. The van der Waals surface area contributed by atoms with Gasteiger partial charge in [-0.2, -0.15) is 5.26 Å². The van der Waals surface area contributed by atoms with Crippen molar-refractivity contribution in [2.75, 3.05) is 6.61 Å². The Kier molecular flexibility index (Phi) is 10.5. The van der Waals surface area contributed by atoms with Crippen molar-refractivity contribution in [2.45, 2.75) is 110 Å². The maximum Gasteiger partial charge on any atom is 0.376 e. The van der Waals surface area contributed by atoms with E-state index in [0.717, 1.165) is 11.1 Å². The minimum absolute atomic E-state index is 0.0557. The van der Waals surface area contributed by atoms with Gasteiger partial charge >= 0.3 is 5.97 Å². The molecule has 0 fully saturated rings. The van der Waals surface area contributed by atoms with Gasteiger partial charge < -0.3 is 4.74 Å². The number of carbonyl (C=O) groups excluding carboxylic acids is 1. The SMILES string of the molecule is CC1(C)CCC(C)(C)c2cc(C#Cc3cnc(C#N)nc3)ccc21.CCOC(=O)c1ncc(C#Cc2ccc3c(c2)C(C)(C)CCC3(C)C)cn1. The average Bonchev–Trinajstić information content (AvgIpc) is 3.11. The van der Waals surface area contributed by atoms with Crippen molar-refractivity contribution in [1.82, 2.24) is 19.9 Å². The van der Waals surface area contributed by atoms with Crippen molar-refractivity contribution in [1.29, 1.82) is 5.26 Å². The first kappa shape index (κ1) is 36.9. The van der Waals surface area contributed by atoms with Crippen molar-refractivity contribution in [3.8, 4) is 29.8 Å². The molecule has 2 heterocycles. The highest BCUT2D eigenvalue weighted by Gasteiger charge is 2.38. The van der Waals surface area contributed by atoms with E-state index in [4.69, 9.17) is 10.00 Å². The van der Waals surface area contributed by atoms with Gasteiger partial charge in [-0.05, 0) is 101 Å². The molecule has 0 saturated carbocycles. The summed E-state index contributed by atoms with van der Waals surface area (Å²) in [5.74, 6) is 12.3. The number of nitrogens with zero attached hydrogens (tertiary/aromatic N) is 5. The van der Waals surface area contributed by atoms with Crippen LogP contribution < -0.4 is 0 Å². The Morgan fingerprint density at radius 1 is 0.608 bits per heavy atom. The summed E-state index contributed by atoms with van der Waals surface area (Å²) >= 11 is 0. The van der Waals surface area contributed by atoms with E-state index in [2.05, 4.69) is 135 Å². The van der Waals surface area contributed by atoms with Crippen LogP contribution in [0.3, 0.4) is 0 Å². The zero-order valence-electron chi connectivity index (χ0n) is 31.4. The molecule has 51 heavy (non-hydrogen) atoms. The molecule has 0 bridgehead atoms. The number of aromatic nitrogens is 4. The van der Waals surface area contributed by atoms with Crippen molar-refractivity contribution in [3.63, 3.8) is 0 Å². The fourth-order valence-corrected chi connectivity index (χ4v) is 6.77. The Morgan fingerprint density at radius 3 is 1.37 bits per heavy atom. The van der Waals surface area contributed by atoms with Crippen LogP contribution in [0, 0.1) is 35.0 Å². The van der Waals surface area contributed by atoms with E-state index in [1.807, 2.05) is 6.07 Å². The first-order valence-electron chi connectivity index (χ1n) is 17.6. The van der Waals surface area contributed by atoms with Gasteiger partial charge in [0.2, 0.25) is 11.6 Å². The average molecular weight is 678 g/mol.